The van der Waals surface area contributed by atoms with E-state index in [0.717, 1.165) is 6.07 Å². The van der Waals surface area contributed by atoms with Gasteiger partial charge in [-0.2, -0.15) is 16.5 Å². The average Bonchev–Trinajstić information content (AvgIpc) is 3.23. The van der Waals surface area contributed by atoms with E-state index in [1.54, 1.807) is 24.0 Å². The predicted molar refractivity (Wildman–Crippen MR) is 124 cm³/mol. The normalized spacial score (nSPS) is 15.9. The van der Waals surface area contributed by atoms with Crippen LogP contribution in [0.3, 0.4) is 0 Å². The van der Waals surface area contributed by atoms with E-state index in [2.05, 4.69) is 10.0 Å². The molecule has 2 heterocycles. The molecule has 2 amide bonds. The van der Waals surface area contributed by atoms with E-state index in [1.807, 2.05) is 6.26 Å². The Balaban J connectivity index is 1.62. The van der Waals surface area contributed by atoms with E-state index < -0.39 is 26.8 Å². The summed E-state index contributed by atoms with van der Waals surface area (Å²) in [5.74, 6) is -0.0748. The highest BCUT2D eigenvalue weighted by molar-refractivity contribution is 7.98. The molecule has 1 aromatic heterocycles. The van der Waals surface area contributed by atoms with Crippen LogP contribution in [0.15, 0.2) is 45.7 Å². The molecule has 2 aromatic rings. The molecule has 0 saturated carbocycles. The van der Waals surface area contributed by atoms with Crippen LogP contribution in [0.2, 0.25) is 0 Å². The largest absolute Gasteiger partial charge is 0.456 e. The number of thioether (sulfide) groups is 1. The van der Waals surface area contributed by atoms with E-state index in [-0.39, 0.29) is 30.0 Å². The van der Waals surface area contributed by atoms with Crippen molar-refractivity contribution in [3.63, 3.8) is 0 Å². The van der Waals surface area contributed by atoms with Crippen LogP contribution >= 0.6 is 11.8 Å². The number of nitrogens with zero attached hydrogens (tertiary/aromatic N) is 1. The quantitative estimate of drug-likeness (QED) is 0.551. The molecule has 1 saturated heterocycles. The van der Waals surface area contributed by atoms with Crippen LogP contribution in [0.25, 0.3) is 0 Å². The minimum Gasteiger partial charge on any atom is -0.456 e. The Bertz CT molecular complexity index is 1080. The molecule has 1 fully saturated rings. The van der Waals surface area contributed by atoms with E-state index >= 15 is 0 Å². The summed E-state index contributed by atoms with van der Waals surface area (Å²) in [6, 6.07) is 7.28. The standard InChI is InChI=1S/C22H28FN3O5S2/c1-15-7-8-19(31-15)21(27)24-16-9-12-26(13-10-16)22(28)18(11-14-32-2)25-33(29,30)20-6-4-3-5-17(20)23/h3-8,16,18,25H,9-14H2,1-2H3,(H,24,27). The van der Waals surface area contributed by atoms with Crippen molar-refractivity contribution < 1.29 is 26.8 Å². The molecular weight excluding hydrogens is 469 g/mol. The van der Waals surface area contributed by atoms with Gasteiger partial charge in [-0.25, -0.2) is 12.8 Å². The van der Waals surface area contributed by atoms with Gasteiger partial charge in [-0.1, -0.05) is 12.1 Å². The third-order valence-electron chi connectivity index (χ3n) is 5.44. The summed E-state index contributed by atoms with van der Waals surface area (Å²) in [6.45, 7) is 2.51. The first-order valence-electron chi connectivity index (χ1n) is 10.6. The van der Waals surface area contributed by atoms with Gasteiger partial charge in [-0.05, 0) is 62.5 Å². The molecule has 8 nitrogen and oxygen atoms in total. The lowest BCUT2D eigenvalue weighted by molar-refractivity contribution is -0.134. The highest BCUT2D eigenvalue weighted by Crippen LogP contribution is 2.18. The van der Waals surface area contributed by atoms with E-state index in [1.165, 1.54) is 30.0 Å². The monoisotopic (exact) mass is 497 g/mol. The molecule has 0 bridgehead atoms. The first-order chi connectivity index (χ1) is 15.7. The molecule has 2 N–H and O–H groups in total. The number of likely N-dealkylation sites (tertiary alicyclic amines) is 1. The summed E-state index contributed by atoms with van der Waals surface area (Å²) >= 11 is 1.49. The number of sulfonamides is 1. The van der Waals surface area contributed by atoms with Gasteiger partial charge in [0, 0.05) is 19.1 Å². The number of halogens is 1. The SMILES string of the molecule is CSCCC(NS(=O)(=O)c1ccccc1F)C(=O)N1CCC(NC(=O)c2ccc(C)o2)CC1. The van der Waals surface area contributed by atoms with Crippen LogP contribution < -0.4 is 10.0 Å². The van der Waals surface area contributed by atoms with Crippen molar-refractivity contribution >= 4 is 33.6 Å². The van der Waals surface area contributed by atoms with E-state index in [9.17, 15) is 22.4 Å². The van der Waals surface area contributed by atoms with Crippen molar-refractivity contribution in [3.05, 3.63) is 53.7 Å². The summed E-state index contributed by atoms with van der Waals surface area (Å²) in [6.07, 6.45) is 3.21. The van der Waals surface area contributed by atoms with Crippen LogP contribution in [0.4, 0.5) is 4.39 Å². The zero-order chi connectivity index (χ0) is 24.0. The molecule has 0 spiro atoms. The van der Waals surface area contributed by atoms with Crippen LogP contribution in [-0.4, -0.2) is 62.3 Å². The van der Waals surface area contributed by atoms with Crippen molar-refractivity contribution in [2.75, 3.05) is 25.1 Å². The Kier molecular flexibility index (Phi) is 8.55. The number of nitrogens with one attached hydrogen (secondary N) is 2. The van der Waals surface area contributed by atoms with Crippen molar-refractivity contribution in [3.8, 4) is 0 Å². The second kappa shape index (κ2) is 11.2. The van der Waals surface area contributed by atoms with Crippen molar-refractivity contribution in [1.82, 2.24) is 14.9 Å². The minimum atomic E-state index is -4.21. The molecule has 1 atom stereocenters. The maximum absolute atomic E-state index is 14.1. The summed E-state index contributed by atoms with van der Waals surface area (Å²) in [5, 5.41) is 2.91. The van der Waals surface area contributed by atoms with E-state index in [0.29, 0.717) is 37.4 Å². The Morgan fingerprint density at radius 3 is 2.52 bits per heavy atom. The predicted octanol–water partition coefficient (Wildman–Crippen LogP) is 2.55. The third-order valence-corrected chi connectivity index (χ3v) is 7.59. The number of furan rings is 1. The lowest BCUT2D eigenvalue weighted by Crippen LogP contribution is -2.53. The first-order valence-corrected chi connectivity index (χ1v) is 13.5. The number of carbonyl (C=O) groups is 2. The number of hydrogen-bond acceptors (Lipinski definition) is 6. The van der Waals surface area contributed by atoms with Crippen LogP contribution in [0, 0.1) is 12.7 Å². The summed E-state index contributed by atoms with van der Waals surface area (Å²) < 4.78 is 47.3. The Labute approximate surface area is 197 Å². The fourth-order valence-corrected chi connectivity index (χ4v) is 5.43. The summed E-state index contributed by atoms with van der Waals surface area (Å²) in [7, 11) is -4.21. The fraction of sp³-hybridized carbons (Fsp3) is 0.455. The third kappa shape index (κ3) is 6.58. The van der Waals surface area contributed by atoms with Gasteiger partial charge < -0.3 is 14.6 Å². The molecule has 3 rings (SSSR count). The number of hydrogen-bond donors (Lipinski definition) is 2. The van der Waals surface area contributed by atoms with Gasteiger partial charge in [0.1, 0.15) is 22.5 Å². The van der Waals surface area contributed by atoms with Crippen LogP contribution in [0.5, 0.6) is 0 Å². The molecule has 1 aliphatic rings. The lowest BCUT2D eigenvalue weighted by atomic mass is 10.0. The maximum Gasteiger partial charge on any atom is 0.287 e. The van der Waals surface area contributed by atoms with Gasteiger partial charge in [0.05, 0.1) is 0 Å². The molecule has 33 heavy (non-hydrogen) atoms. The van der Waals surface area contributed by atoms with E-state index in [4.69, 9.17) is 4.42 Å². The highest BCUT2D eigenvalue weighted by Gasteiger charge is 2.32. The zero-order valence-corrected chi connectivity index (χ0v) is 20.2. The molecule has 11 heteroatoms. The molecule has 0 radical (unpaired) electrons. The van der Waals surface area contributed by atoms with Crippen LogP contribution in [-0.2, 0) is 14.8 Å². The first kappa shape index (κ1) is 25.3. The molecule has 1 unspecified atom stereocenters. The van der Waals surface area contributed by atoms with Gasteiger partial charge in [0.25, 0.3) is 5.91 Å². The zero-order valence-electron chi connectivity index (χ0n) is 18.5. The molecular formula is C22H28FN3O5S2. The second-order valence-electron chi connectivity index (χ2n) is 7.87. The number of piperidine rings is 1. The van der Waals surface area contributed by atoms with Gasteiger partial charge in [-0.15, -0.1) is 0 Å². The Hall–Kier alpha value is -2.37. The molecule has 180 valence electrons. The topological polar surface area (TPSA) is 109 Å². The number of rotatable bonds is 9. The fourth-order valence-electron chi connectivity index (χ4n) is 3.66. The molecule has 1 aliphatic heterocycles. The summed E-state index contributed by atoms with van der Waals surface area (Å²) in [5.41, 5.74) is 0. The van der Waals surface area contributed by atoms with Crippen molar-refractivity contribution in [2.24, 2.45) is 0 Å². The Morgan fingerprint density at radius 2 is 1.91 bits per heavy atom. The Morgan fingerprint density at radius 1 is 1.21 bits per heavy atom. The number of carbonyl (C=O) groups excluding carboxylic acids is 2. The average molecular weight is 498 g/mol. The lowest BCUT2D eigenvalue weighted by Gasteiger charge is -2.34. The van der Waals surface area contributed by atoms with Crippen LogP contribution in [0.1, 0.15) is 35.6 Å². The minimum absolute atomic E-state index is 0.119. The molecule has 0 aliphatic carbocycles. The smallest absolute Gasteiger partial charge is 0.287 e. The van der Waals surface area contributed by atoms with Gasteiger partial charge in [0.15, 0.2) is 5.76 Å². The van der Waals surface area contributed by atoms with Gasteiger partial charge >= 0.3 is 0 Å². The maximum atomic E-state index is 14.1. The highest BCUT2D eigenvalue weighted by atomic mass is 32.2. The number of benzene rings is 1. The van der Waals surface area contributed by atoms with Crippen molar-refractivity contribution in [2.45, 2.75) is 43.2 Å². The second-order valence-corrected chi connectivity index (χ2v) is 10.5. The van der Waals surface area contributed by atoms with Crippen molar-refractivity contribution in [1.29, 1.82) is 0 Å². The number of aryl methyl sites for hydroxylation is 1. The van der Waals surface area contributed by atoms with Gasteiger partial charge in [-0.3, -0.25) is 9.59 Å². The van der Waals surface area contributed by atoms with Gasteiger partial charge in [0.2, 0.25) is 15.9 Å². The molecule has 1 aromatic carbocycles. The summed E-state index contributed by atoms with van der Waals surface area (Å²) in [4.78, 5) is 26.5. The number of amides is 2.